The number of aromatic amines is 1. The normalized spacial score (nSPS) is 29.6. The van der Waals surface area contributed by atoms with E-state index in [-0.39, 0.29) is 5.56 Å². The molecule has 1 aromatic carbocycles. The van der Waals surface area contributed by atoms with Crippen molar-refractivity contribution in [3.05, 3.63) is 70.1 Å². The molecule has 1 aromatic heterocycles. The van der Waals surface area contributed by atoms with Crippen LogP contribution in [-0.2, 0) is 6.42 Å². The molecule has 5 heteroatoms. The Bertz CT molecular complexity index is 770. The first-order chi connectivity index (χ1) is 12.5. The molecule has 4 atom stereocenters. The molecule has 1 aliphatic carbocycles. The summed E-state index contributed by atoms with van der Waals surface area (Å²) >= 11 is 0. The van der Waals surface area contributed by atoms with Crippen LogP contribution < -0.4 is 5.56 Å². The fraction of sp³-hybridized carbons (Fsp3) is 0.476. The van der Waals surface area contributed by atoms with Gasteiger partial charge in [0.2, 0.25) is 5.56 Å². The molecule has 26 heavy (non-hydrogen) atoms. The Morgan fingerprint density at radius 1 is 1.12 bits per heavy atom. The zero-order chi connectivity index (χ0) is 18.1. The number of nitrogens with one attached hydrogen (secondary N) is 1. The smallest absolute Gasteiger partial charge is 0.247 e. The monoisotopic (exact) mass is 354 g/mol. The third kappa shape index (κ3) is 3.75. The number of benzene rings is 1. The van der Waals surface area contributed by atoms with E-state index in [1.807, 2.05) is 18.2 Å². The summed E-state index contributed by atoms with van der Waals surface area (Å²) in [6, 6.07) is 13.3. The predicted molar refractivity (Wildman–Crippen MR) is 99.8 cm³/mol. The molecule has 1 saturated heterocycles. The largest absolute Gasteiger partial charge is 0.390 e. The number of β-amino-alcohol motifs (C(OH)–C–C–N with tert-alkyl or cyclic N) is 1. The summed E-state index contributed by atoms with van der Waals surface area (Å²) in [7, 11) is 0. The van der Waals surface area contributed by atoms with E-state index in [0.717, 1.165) is 37.9 Å². The van der Waals surface area contributed by atoms with E-state index in [2.05, 4.69) is 22.0 Å². The molecule has 2 aliphatic rings. The highest BCUT2D eigenvalue weighted by Crippen LogP contribution is 2.45. The van der Waals surface area contributed by atoms with Gasteiger partial charge in [0.15, 0.2) is 0 Å². The summed E-state index contributed by atoms with van der Waals surface area (Å²) in [4.78, 5) is 16.0. The number of aliphatic hydroxyl groups is 2. The van der Waals surface area contributed by atoms with Crippen LogP contribution in [-0.4, -0.2) is 45.3 Å². The average molecular weight is 354 g/mol. The summed E-state index contributed by atoms with van der Waals surface area (Å²) in [6.45, 7) is 2.40. The fourth-order valence-corrected chi connectivity index (χ4v) is 4.81. The predicted octanol–water partition coefficient (Wildman–Crippen LogP) is 1.72. The topological polar surface area (TPSA) is 76.6 Å². The van der Waals surface area contributed by atoms with Crippen molar-refractivity contribution in [2.45, 2.75) is 31.0 Å². The standard InChI is InChI=1S/C21H26N2O3/c24-19(16-6-7-20(25)22-11-16)14-23-12-17-9-21(26,10-18(17)13-23)8-15-4-2-1-3-5-15/h1-7,11,17-19,24,26H,8-10,12-14H2,(H,22,25)/t17-,18+,19?,21?. The molecule has 0 bridgehead atoms. The summed E-state index contributed by atoms with van der Waals surface area (Å²) in [6.07, 6.45) is 3.37. The van der Waals surface area contributed by atoms with E-state index >= 15 is 0 Å². The van der Waals surface area contributed by atoms with Crippen molar-refractivity contribution in [2.75, 3.05) is 19.6 Å². The summed E-state index contributed by atoms with van der Waals surface area (Å²) < 4.78 is 0. The number of fused-ring (bicyclic) bond motifs is 1. The van der Waals surface area contributed by atoms with E-state index in [0.29, 0.717) is 18.4 Å². The van der Waals surface area contributed by atoms with Crippen LogP contribution in [0.3, 0.4) is 0 Å². The second-order valence-corrected chi connectivity index (χ2v) is 8.04. The van der Waals surface area contributed by atoms with Gasteiger partial charge in [-0.3, -0.25) is 9.69 Å². The van der Waals surface area contributed by atoms with Gasteiger partial charge in [-0.1, -0.05) is 30.3 Å². The Kier molecular flexibility index (Phi) is 4.69. The van der Waals surface area contributed by atoms with Gasteiger partial charge in [0.05, 0.1) is 11.7 Å². The first kappa shape index (κ1) is 17.5. The van der Waals surface area contributed by atoms with Crippen LogP contribution in [0.5, 0.6) is 0 Å². The maximum atomic E-state index is 11.1. The first-order valence-corrected chi connectivity index (χ1v) is 9.36. The Morgan fingerprint density at radius 3 is 2.42 bits per heavy atom. The number of rotatable bonds is 5. The number of likely N-dealkylation sites (tertiary alicyclic amines) is 1. The molecule has 2 heterocycles. The summed E-state index contributed by atoms with van der Waals surface area (Å²) in [5.41, 5.74) is 1.18. The Morgan fingerprint density at radius 2 is 1.81 bits per heavy atom. The van der Waals surface area contributed by atoms with Gasteiger partial charge in [-0.2, -0.15) is 0 Å². The highest BCUT2D eigenvalue weighted by Gasteiger charge is 2.48. The molecule has 0 radical (unpaired) electrons. The van der Waals surface area contributed by atoms with Crippen LogP contribution >= 0.6 is 0 Å². The molecular weight excluding hydrogens is 328 g/mol. The van der Waals surface area contributed by atoms with Crippen molar-refractivity contribution < 1.29 is 10.2 Å². The van der Waals surface area contributed by atoms with E-state index in [1.165, 1.54) is 11.6 Å². The minimum atomic E-state index is -0.603. The van der Waals surface area contributed by atoms with Gasteiger partial charge in [0.1, 0.15) is 0 Å². The van der Waals surface area contributed by atoms with Gasteiger partial charge in [-0.15, -0.1) is 0 Å². The molecule has 4 rings (SSSR count). The summed E-state index contributed by atoms with van der Waals surface area (Å²) in [5.74, 6) is 0.984. The Hall–Kier alpha value is -1.95. The number of hydrogen-bond acceptors (Lipinski definition) is 4. The number of aliphatic hydroxyl groups excluding tert-OH is 1. The molecule has 1 saturated carbocycles. The summed E-state index contributed by atoms with van der Waals surface area (Å²) in [5, 5.41) is 21.4. The maximum Gasteiger partial charge on any atom is 0.247 e. The van der Waals surface area contributed by atoms with E-state index in [9.17, 15) is 15.0 Å². The molecule has 138 valence electrons. The van der Waals surface area contributed by atoms with Crippen LogP contribution in [0.2, 0.25) is 0 Å². The van der Waals surface area contributed by atoms with Crippen LogP contribution in [0.1, 0.15) is 30.1 Å². The minimum Gasteiger partial charge on any atom is -0.390 e. The van der Waals surface area contributed by atoms with Crippen molar-refractivity contribution >= 4 is 0 Å². The second kappa shape index (κ2) is 6.99. The van der Waals surface area contributed by atoms with E-state index in [4.69, 9.17) is 0 Å². The quantitative estimate of drug-likeness (QED) is 0.764. The lowest BCUT2D eigenvalue weighted by Gasteiger charge is -2.27. The Labute approximate surface area is 153 Å². The van der Waals surface area contributed by atoms with Crippen molar-refractivity contribution in [1.29, 1.82) is 0 Å². The Balaban J connectivity index is 1.33. The van der Waals surface area contributed by atoms with Crippen molar-refractivity contribution in [1.82, 2.24) is 9.88 Å². The van der Waals surface area contributed by atoms with Crippen LogP contribution in [0.4, 0.5) is 0 Å². The minimum absolute atomic E-state index is 0.158. The van der Waals surface area contributed by atoms with Gasteiger partial charge in [-0.25, -0.2) is 0 Å². The molecule has 3 N–H and O–H groups in total. The fourth-order valence-electron chi connectivity index (χ4n) is 4.81. The van der Waals surface area contributed by atoms with Gasteiger partial charge in [-0.05, 0) is 41.9 Å². The lowest BCUT2D eigenvalue weighted by molar-refractivity contribution is 0.0328. The molecule has 2 unspecified atom stereocenters. The van der Waals surface area contributed by atoms with Crippen LogP contribution in [0, 0.1) is 11.8 Å². The van der Waals surface area contributed by atoms with Crippen molar-refractivity contribution in [2.24, 2.45) is 11.8 Å². The molecule has 0 amide bonds. The lowest BCUT2D eigenvalue weighted by Crippen LogP contribution is -2.33. The number of aromatic nitrogens is 1. The van der Waals surface area contributed by atoms with Crippen molar-refractivity contribution in [3.63, 3.8) is 0 Å². The zero-order valence-electron chi connectivity index (χ0n) is 14.8. The van der Waals surface area contributed by atoms with E-state index < -0.39 is 11.7 Å². The molecular formula is C21H26N2O3. The number of H-pyrrole nitrogens is 1. The highest BCUT2D eigenvalue weighted by molar-refractivity contribution is 5.19. The maximum absolute atomic E-state index is 11.1. The highest BCUT2D eigenvalue weighted by atomic mass is 16.3. The SMILES string of the molecule is O=c1ccc(C(O)CN2C[C@@H]3CC(O)(Cc4ccccc4)C[C@@H]3C2)c[nH]1. The first-order valence-electron chi connectivity index (χ1n) is 9.36. The average Bonchev–Trinajstić information content (AvgIpc) is 3.10. The van der Waals surface area contributed by atoms with Crippen molar-refractivity contribution in [3.8, 4) is 0 Å². The van der Waals surface area contributed by atoms with E-state index in [1.54, 1.807) is 12.3 Å². The number of hydrogen-bond donors (Lipinski definition) is 3. The third-order valence-corrected chi connectivity index (χ3v) is 5.94. The molecule has 0 spiro atoms. The van der Waals surface area contributed by atoms with Gasteiger partial charge in [0, 0.05) is 38.3 Å². The molecule has 1 aliphatic heterocycles. The lowest BCUT2D eigenvalue weighted by atomic mass is 9.91. The number of pyridine rings is 1. The second-order valence-electron chi connectivity index (χ2n) is 8.04. The van der Waals surface area contributed by atoms with Gasteiger partial charge >= 0.3 is 0 Å². The van der Waals surface area contributed by atoms with Crippen LogP contribution in [0.25, 0.3) is 0 Å². The zero-order valence-corrected chi connectivity index (χ0v) is 14.8. The third-order valence-electron chi connectivity index (χ3n) is 5.94. The molecule has 5 nitrogen and oxygen atoms in total. The van der Waals surface area contributed by atoms with Gasteiger partial charge in [0.25, 0.3) is 0 Å². The molecule has 2 aromatic rings. The van der Waals surface area contributed by atoms with Gasteiger partial charge < -0.3 is 15.2 Å². The van der Waals surface area contributed by atoms with Crippen LogP contribution in [0.15, 0.2) is 53.5 Å². The molecule has 2 fully saturated rings. The number of nitrogens with zero attached hydrogens (tertiary/aromatic N) is 1.